The summed E-state index contributed by atoms with van der Waals surface area (Å²) in [4.78, 5) is 27.6. The molecule has 1 aromatic carbocycles. The van der Waals surface area contributed by atoms with Crippen LogP contribution in [0, 0.1) is 6.92 Å². The molecule has 25 heavy (non-hydrogen) atoms. The molecular weight excluding hydrogens is 348 g/mol. The SMILES string of the molecule is COC[C@](C)(CC(=O)O)NC(=O)c1nc(C)n(-c2ccccc2Cl)n1. The van der Waals surface area contributed by atoms with E-state index >= 15 is 0 Å². The number of amides is 1. The first kappa shape index (κ1) is 18.9. The molecule has 1 atom stereocenters. The predicted molar refractivity (Wildman–Crippen MR) is 91.1 cm³/mol. The van der Waals surface area contributed by atoms with Crippen molar-refractivity contribution in [1.82, 2.24) is 20.1 Å². The number of carbonyl (C=O) groups excluding carboxylic acids is 1. The molecule has 1 aromatic heterocycles. The van der Waals surface area contributed by atoms with E-state index in [1.165, 1.54) is 11.8 Å². The van der Waals surface area contributed by atoms with Crippen LogP contribution in [0.3, 0.4) is 0 Å². The molecule has 0 unspecified atom stereocenters. The topological polar surface area (TPSA) is 106 Å². The summed E-state index contributed by atoms with van der Waals surface area (Å²) in [6, 6.07) is 7.05. The zero-order chi connectivity index (χ0) is 18.6. The van der Waals surface area contributed by atoms with Gasteiger partial charge in [-0.15, -0.1) is 5.10 Å². The van der Waals surface area contributed by atoms with E-state index in [9.17, 15) is 9.59 Å². The van der Waals surface area contributed by atoms with Crippen molar-refractivity contribution in [2.45, 2.75) is 25.8 Å². The summed E-state index contributed by atoms with van der Waals surface area (Å²) in [5.74, 6) is -1.24. The first-order chi connectivity index (χ1) is 11.8. The Morgan fingerprint density at radius 2 is 2.08 bits per heavy atom. The number of hydrogen-bond acceptors (Lipinski definition) is 5. The molecule has 0 aliphatic rings. The number of hydrogen-bond donors (Lipinski definition) is 2. The highest BCUT2D eigenvalue weighted by Crippen LogP contribution is 2.20. The number of para-hydroxylation sites is 1. The van der Waals surface area contributed by atoms with Gasteiger partial charge in [-0.3, -0.25) is 9.59 Å². The Balaban J connectivity index is 2.27. The van der Waals surface area contributed by atoms with Gasteiger partial charge in [-0.2, -0.15) is 0 Å². The first-order valence-electron chi connectivity index (χ1n) is 7.47. The van der Waals surface area contributed by atoms with Gasteiger partial charge in [0.1, 0.15) is 5.82 Å². The number of carbonyl (C=O) groups is 2. The molecule has 0 aliphatic heterocycles. The number of methoxy groups -OCH3 is 1. The fraction of sp³-hybridized carbons (Fsp3) is 0.375. The van der Waals surface area contributed by atoms with E-state index in [4.69, 9.17) is 21.4 Å². The molecule has 2 rings (SSSR count). The molecule has 2 N–H and O–H groups in total. The van der Waals surface area contributed by atoms with Crippen LogP contribution >= 0.6 is 11.6 Å². The molecular formula is C16H19ClN4O4. The van der Waals surface area contributed by atoms with E-state index in [0.29, 0.717) is 16.5 Å². The Kier molecular flexibility index (Phi) is 5.76. The Labute approximate surface area is 149 Å². The van der Waals surface area contributed by atoms with Gasteiger partial charge in [0.05, 0.1) is 29.3 Å². The molecule has 0 saturated heterocycles. The highest BCUT2D eigenvalue weighted by molar-refractivity contribution is 6.32. The molecule has 0 saturated carbocycles. The molecule has 0 radical (unpaired) electrons. The summed E-state index contributed by atoms with van der Waals surface area (Å²) in [6.07, 6.45) is -0.295. The third-order valence-corrected chi connectivity index (χ3v) is 3.79. The van der Waals surface area contributed by atoms with Gasteiger partial charge in [0.15, 0.2) is 0 Å². The number of benzene rings is 1. The standard InChI is InChI=1S/C16H19ClN4O4/c1-10-18-14(20-21(10)12-7-5-4-6-11(12)17)15(24)19-16(2,9-25-3)8-13(22)23/h4-7H,8-9H2,1-3H3,(H,19,24)(H,22,23)/t16-/m0/s1. The zero-order valence-electron chi connectivity index (χ0n) is 14.1. The number of aliphatic carboxylic acids is 1. The van der Waals surface area contributed by atoms with Crippen LogP contribution < -0.4 is 5.32 Å². The maximum Gasteiger partial charge on any atom is 0.305 e. The smallest absolute Gasteiger partial charge is 0.305 e. The molecule has 0 aliphatic carbocycles. The third kappa shape index (κ3) is 4.55. The van der Waals surface area contributed by atoms with Gasteiger partial charge in [-0.05, 0) is 26.0 Å². The fourth-order valence-corrected chi connectivity index (χ4v) is 2.67. The number of carboxylic acids is 1. The highest BCUT2D eigenvalue weighted by Gasteiger charge is 2.31. The molecule has 0 fully saturated rings. The molecule has 0 spiro atoms. The van der Waals surface area contributed by atoms with Gasteiger partial charge < -0.3 is 15.2 Å². The Bertz CT molecular complexity index is 792. The number of nitrogens with zero attached hydrogens (tertiary/aromatic N) is 3. The number of ether oxygens (including phenoxy) is 1. The second-order valence-electron chi connectivity index (χ2n) is 5.86. The molecule has 0 bridgehead atoms. The lowest BCUT2D eigenvalue weighted by molar-refractivity contribution is -0.139. The molecule has 8 nitrogen and oxygen atoms in total. The maximum absolute atomic E-state index is 12.5. The van der Waals surface area contributed by atoms with E-state index in [2.05, 4.69) is 15.4 Å². The van der Waals surface area contributed by atoms with E-state index in [0.717, 1.165) is 0 Å². The number of halogens is 1. The minimum Gasteiger partial charge on any atom is -0.481 e. The lowest BCUT2D eigenvalue weighted by atomic mass is 9.99. The van der Waals surface area contributed by atoms with Gasteiger partial charge in [0.2, 0.25) is 5.82 Å². The van der Waals surface area contributed by atoms with Crippen molar-refractivity contribution in [1.29, 1.82) is 0 Å². The minimum absolute atomic E-state index is 0.0369. The van der Waals surface area contributed by atoms with Crippen molar-refractivity contribution in [3.05, 3.63) is 40.9 Å². The number of rotatable bonds is 7. The quantitative estimate of drug-likeness (QED) is 0.774. The van der Waals surface area contributed by atoms with Crippen LogP contribution in [0.2, 0.25) is 5.02 Å². The van der Waals surface area contributed by atoms with E-state index in [1.807, 2.05) is 0 Å². The van der Waals surface area contributed by atoms with Gasteiger partial charge in [0, 0.05) is 7.11 Å². The summed E-state index contributed by atoms with van der Waals surface area (Å²) >= 11 is 6.15. The average Bonchev–Trinajstić information content (AvgIpc) is 2.89. The van der Waals surface area contributed by atoms with Gasteiger partial charge in [-0.25, -0.2) is 9.67 Å². The van der Waals surface area contributed by atoms with Gasteiger partial charge in [0.25, 0.3) is 5.91 Å². The minimum atomic E-state index is -1.08. The van der Waals surface area contributed by atoms with Crippen molar-refractivity contribution in [2.75, 3.05) is 13.7 Å². The second kappa shape index (κ2) is 7.62. The summed E-state index contributed by atoms with van der Waals surface area (Å²) in [7, 11) is 1.43. The Morgan fingerprint density at radius 3 is 2.68 bits per heavy atom. The Hall–Kier alpha value is -2.45. The van der Waals surface area contributed by atoms with Crippen molar-refractivity contribution in [3.63, 3.8) is 0 Å². The van der Waals surface area contributed by atoms with Crippen LogP contribution in [0.4, 0.5) is 0 Å². The lowest BCUT2D eigenvalue weighted by Gasteiger charge is -2.27. The number of aromatic nitrogens is 3. The van der Waals surface area contributed by atoms with Crippen LogP contribution in [-0.2, 0) is 9.53 Å². The number of carboxylic acid groups (broad SMARTS) is 1. The van der Waals surface area contributed by atoms with E-state index in [1.54, 1.807) is 38.1 Å². The van der Waals surface area contributed by atoms with E-state index in [-0.39, 0.29) is 18.9 Å². The molecule has 1 heterocycles. The van der Waals surface area contributed by atoms with Crippen LogP contribution in [0.1, 0.15) is 29.8 Å². The first-order valence-corrected chi connectivity index (χ1v) is 7.85. The molecule has 2 aromatic rings. The fourth-order valence-electron chi connectivity index (χ4n) is 2.45. The molecule has 9 heteroatoms. The molecule has 1 amide bonds. The summed E-state index contributed by atoms with van der Waals surface area (Å²) < 4.78 is 6.48. The number of nitrogens with one attached hydrogen (secondary N) is 1. The zero-order valence-corrected chi connectivity index (χ0v) is 14.9. The summed E-state index contributed by atoms with van der Waals surface area (Å²) in [5.41, 5.74) is -0.486. The largest absolute Gasteiger partial charge is 0.481 e. The highest BCUT2D eigenvalue weighted by atomic mass is 35.5. The Morgan fingerprint density at radius 1 is 1.40 bits per heavy atom. The maximum atomic E-state index is 12.5. The van der Waals surface area contributed by atoms with Crippen LogP contribution in [0.25, 0.3) is 5.69 Å². The lowest BCUT2D eigenvalue weighted by Crippen LogP contribution is -2.51. The van der Waals surface area contributed by atoms with Crippen molar-refractivity contribution < 1.29 is 19.4 Å². The monoisotopic (exact) mass is 366 g/mol. The van der Waals surface area contributed by atoms with Crippen molar-refractivity contribution in [3.8, 4) is 5.69 Å². The van der Waals surface area contributed by atoms with Crippen LogP contribution in [-0.4, -0.2) is 51.0 Å². The number of aryl methyl sites for hydroxylation is 1. The van der Waals surface area contributed by atoms with Crippen LogP contribution in [0.15, 0.2) is 24.3 Å². The van der Waals surface area contributed by atoms with Crippen molar-refractivity contribution in [2.24, 2.45) is 0 Å². The second-order valence-corrected chi connectivity index (χ2v) is 6.27. The van der Waals surface area contributed by atoms with Gasteiger partial charge in [-0.1, -0.05) is 23.7 Å². The van der Waals surface area contributed by atoms with E-state index < -0.39 is 17.4 Å². The summed E-state index contributed by atoms with van der Waals surface area (Å²) in [6.45, 7) is 3.31. The molecule has 134 valence electrons. The summed E-state index contributed by atoms with van der Waals surface area (Å²) in [5, 5.41) is 16.3. The van der Waals surface area contributed by atoms with Gasteiger partial charge >= 0.3 is 5.97 Å². The average molecular weight is 367 g/mol. The van der Waals surface area contributed by atoms with Crippen molar-refractivity contribution >= 4 is 23.5 Å². The normalized spacial score (nSPS) is 13.3. The van der Waals surface area contributed by atoms with Crippen LogP contribution in [0.5, 0.6) is 0 Å². The predicted octanol–water partition coefficient (Wildman–Crippen LogP) is 1.84. The third-order valence-electron chi connectivity index (χ3n) is 3.47.